The van der Waals surface area contributed by atoms with Crippen molar-refractivity contribution in [2.24, 2.45) is 23.5 Å². The molecule has 8 saturated heterocycles. The van der Waals surface area contributed by atoms with E-state index in [1.165, 1.54) is 0 Å². The number of nitrogens with two attached hydrogens (primary N) is 1. The Labute approximate surface area is 307 Å². The molecule has 0 radical (unpaired) electrons. The zero-order valence-corrected chi connectivity index (χ0v) is 30.6. The van der Waals surface area contributed by atoms with Gasteiger partial charge in [-0.2, -0.15) is 0 Å². The van der Waals surface area contributed by atoms with Crippen molar-refractivity contribution in [2.75, 3.05) is 13.7 Å². The Balaban J connectivity index is 0.986. The fourth-order valence-electron chi connectivity index (χ4n) is 11.6. The SMILES string of the molecule is C=C1CC2CC[C@@]34C[C@@H](O)C5[C@@H]6OC7CCC(CC(=O)CC8[C@@H](OC)C(CC(O)CN)O[C@H]8CC8OC(CCC8=C)CCC1O2)O[C@@H]7C(O3)C6[C@@H]5O4. The molecule has 19 atom stereocenters. The molecular weight excluding hydrogens is 670 g/mol. The summed E-state index contributed by atoms with van der Waals surface area (Å²) in [6.45, 7) is 8.92. The van der Waals surface area contributed by atoms with E-state index in [9.17, 15) is 15.0 Å². The predicted octanol–water partition coefficient (Wildman–Crippen LogP) is 3.03. The molecule has 1 spiro atoms. The fraction of sp³-hybridized carbons (Fsp3) is 0.875. The minimum Gasteiger partial charge on any atom is -0.392 e. The maximum atomic E-state index is 14.0. The zero-order valence-electron chi connectivity index (χ0n) is 30.6. The van der Waals surface area contributed by atoms with Gasteiger partial charge in [0.25, 0.3) is 0 Å². The maximum Gasteiger partial charge on any atom is 0.171 e. The molecule has 1 aliphatic carbocycles. The normalized spacial score (nSPS) is 52.4. The van der Waals surface area contributed by atoms with Crippen molar-refractivity contribution in [1.29, 1.82) is 0 Å². The Morgan fingerprint density at radius 3 is 2.44 bits per heavy atom. The van der Waals surface area contributed by atoms with Gasteiger partial charge in [0, 0.05) is 69.9 Å². The highest BCUT2D eigenvalue weighted by molar-refractivity contribution is 5.79. The van der Waals surface area contributed by atoms with Gasteiger partial charge < -0.3 is 53.8 Å². The van der Waals surface area contributed by atoms with Crippen LogP contribution >= 0.6 is 0 Å². The maximum absolute atomic E-state index is 14.0. The van der Waals surface area contributed by atoms with Crippen LogP contribution in [0.4, 0.5) is 0 Å². The highest BCUT2D eigenvalue weighted by atomic mass is 16.7. The van der Waals surface area contributed by atoms with Crippen LogP contribution in [0.5, 0.6) is 0 Å². The Bertz CT molecular complexity index is 1370. The molecule has 290 valence electrons. The highest BCUT2D eigenvalue weighted by Gasteiger charge is 2.72. The van der Waals surface area contributed by atoms with E-state index >= 15 is 0 Å². The third-order valence-corrected chi connectivity index (χ3v) is 14.2. The molecule has 0 aromatic rings. The summed E-state index contributed by atoms with van der Waals surface area (Å²) in [5, 5.41) is 21.9. The topological polar surface area (TPSA) is 157 Å². The van der Waals surface area contributed by atoms with Gasteiger partial charge in [0.05, 0.1) is 85.5 Å². The van der Waals surface area contributed by atoms with E-state index in [0.29, 0.717) is 32.1 Å². The summed E-state index contributed by atoms with van der Waals surface area (Å²) >= 11 is 0. The summed E-state index contributed by atoms with van der Waals surface area (Å²) < 4.78 is 53.2. The van der Waals surface area contributed by atoms with E-state index < -0.39 is 24.1 Å². The largest absolute Gasteiger partial charge is 0.392 e. The number of hydrogen-bond donors (Lipinski definition) is 3. The van der Waals surface area contributed by atoms with Crippen LogP contribution in [0.1, 0.15) is 89.9 Å². The van der Waals surface area contributed by atoms with Crippen molar-refractivity contribution in [1.82, 2.24) is 0 Å². The second-order valence-corrected chi connectivity index (χ2v) is 17.5. The summed E-state index contributed by atoms with van der Waals surface area (Å²) in [4.78, 5) is 14.0. The molecule has 8 aliphatic heterocycles. The van der Waals surface area contributed by atoms with Crippen molar-refractivity contribution in [3.8, 4) is 0 Å². The Kier molecular flexibility index (Phi) is 10.0. The van der Waals surface area contributed by atoms with E-state index in [0.717, 1.165) is 56.1 Å². The number of aliphatic hydroxyl groups excluding tert-OH is 2. The van der Waals surface area contributed by atoms with E-state index in [-0.39, 0.29) is 116 Å². The number of hydrogen-bond acceptors (Lipinski definition) is 12. The monoisotopic (exact) mass is 729 g/mol. The minimum absolute atomic E-state index is 0.00251. The van der Waals surface area contributed by atoms with Gasteiger partial charge in [-0.15, -0.1) is 0 Å². The lowest BCUT2D eigenvalue weighted by Gasteiger charge is -2.69. The van der Waals surface area contributed by atoms with E-state index in [4.69, 9.17) is 43.6 Å². The Hall–Kier alpha value is -1.29. The van der Waals surface area contributed by atoms with Gasteiger partial charge in [0.1, 0.15) is 11.9 Å². The molecule has 12 unspecified atom stereocenters. The average molecular weight is 730 g/mol. The molecule has 12 heteroatoms. The lowest BCUT2D eigenvalue weighted by Crippen LogP contribution is -2.81. The van der Waals surface area contributed by atoms with Crippen molar-refractivity contribution in [2.45, 2.75) is 187 Å². The first-order valence-corrected chi connectivity index (χ1v) is 20.2. The second-order valence-electron chi connectivity index (χ2n) is 17.5. The van der Waals surface area contributed by atoms with Crippen molar-refractivity contribution in [3.05, 3.63) is 24.3 Å². The number of fused-ring (bicyclic) bond motifs is 7. The average Bonchev–Trinajstić information content (AvgIpc) is 3.63. The molecule has 52 heavy (non-hydrogen) atoms. The molecule has 9 rings (SSSR count). The number of rotatable bonds is 4. The van der Waals surface area contributed by atoms with Crippen LogP contribution in [-0.4, -0.2) is 127 Å². The minimum atomic E-state index is -0.908. The smallest absolute Gasteiger partial charge is 0.171 e. The zero-order chi connectivity index (χ0) is 35.9. The van der Waals surface area contributed by atoms with E-state index in [1.807, 2.05) is 0 Å². The lowest BCUT2D eigenvalue weighted by molar-refractivity contribution is -0.470. The van der Waals surface area contributed by atoms with Crippen LogP contribution in [0, 0.1) is 17.8 Å². The highest BCUT2D eigenvalue weighted by Crippen LogP contribution is 2.60. The van der Waals surface area contributed by atoms with Crippen molar-refractivity contribution < 1.29 is 52.9 Å². The third kappa shape index (κ3) is 6.49. The number of aliphatic hydroxyl groups is 2. The van der Waals surface area contributed by atoms with Crippen LogP contribution in [0.3, 0.4) is 0 Å². The second kappa shape index (κ2) is 14.3. The molecule has 1 saturated carbocycles. The molecule has 0 aromatic carbocycles. The Morgan fingerprint density at radius 2 is 1.62 bits per heavy atom. The van der Waals surface area contributed by atoms with Crippen molar-refractivity contribution >= 4 is 5.78 Å². The molecule has 0 amide bonds. The summed E-state index contributed by atoms with van der Waals surface area (Å²) in [6, 6.07) is 0. The molecule has 9 bridgehead atoms. The molecular formula is C40H59NO11. The van der Waals surface area contributed by atoms with Crippen LogP contribution in [0.15, 0.2) is 24.3 Å². The van der Waals surface area contributed by atoms with E-state index in [1.54, 1.807) is 7.11 Å². The van der Waals surface area contributed by atoms with Gasteiger partial charge in [0.2, 0.25) is 0 Å². The molecule has 8 heterocycles. The Morgan fingerprint density at radius 1 is 0.827 bits per heavy atom. The molecule has 12 nitrogen and oxygen atoms in total. The third-order valence-electron chi connectivity index (χ3n) is 14.2. The predicted molar refractivity (Wildman–Crippen MR) is 186 cm³/mol. The molecule has 9 aliphatic rings. The van der Waals surface area contributed by atoms with Crippen LogP contribution in [-0.2, 0) is 42.7 Å². The number of Topliss-reactive ketones (excluding diaryl/α,β-unsaturated/α-hetero) is 1. The van der Waals surface area contributed by atoms with Gasteiger partial charge >= 0.3 is 0 Å². The van der Waals surface area contributed by atoms with Crippen LogP contribution in [0.25, 0.3) is 0 Å². The number of ketones is 1. The first-order chi connectivity index (χ1) is 25.1. The molecule has 9 fully saturated rings. The lowest BCUT2D eigenvalue weighted by atomic mass is 9.57. The molecule has 4 N–H and O–H groups in total. The number of methoxy groups -OCH3 is 1. The summed E-state index contributed by atoms with van der Waals surface area (Å²) in [5.41, 5.74) is 7.96. The fourth-order valence-corrected chi connectivity index (χ4v) is 11.6. The summed E-state index contributed by atoms with van der Waals surface area (Å²) in [6.07, 6.45) is 5.23. The number of ether oxygens (including phenoxy) is 8. The van der Waals surface area contributed by atoms with Crippen LogP contribution < -0.4 is 5.73 Å². The number of carbonyl (C=O) groups is 1. The van der Waals surface area contributed by atoms with E-state index in [2.05, 4.69) is 13.2 Å². The van der Waals surface area contributed by atoms with Crippen LogP contribution in [0.2, 0.25) is 0 Å². The first kappa shape index (κ1) is 36.4. The van der Waals surface area contributed by atoms with Gasteiger partial charge in [-0.05, 0) is 62.5 Å². The first-order valence-electron chi connectivity index (χ1n) is 20.2. The van der Waals surface area contributed by atoms with Gasteiger partial charge in [0.15, 0.2) is 5.79 Å². The molecule has 0 aromatic heterocycles. The van der Waals surface area contributed by atoms with Crippen molar-refractivity contribution in [3.63, 3.8) is 0 Å². The standard InChI is InChI=1S/C40H59NO11/c1-19-4-5-23-6-8-28-20(2)12-25(47-28)10-11-40-17-27(44)33-37-34(38(33)51-40)39(52-40)36-29(50-37)9-7-24(48-36)13-21(42)14-26-31(16-30(19)46-23)49-32(35(26)45-3)15-22(43)18-41/h22-39,43-44H,1-2,4-18,41H2,3H3/t22?,23?,24?,25?,26?,27-,28?,29?,30?,31+,32?,33?,34?,35-,36+,37+,38-,39?,40+/m1/s1. The van der Waals surface area contributed by atoms with Gasteiger partial charge in [-0.3, -0.25) is 4.79 Å². The summed E-state index contributed by atoms with van der Waals surface area (Å²) in [5.74, 6) is -1.09. The number of carbonyl (C=O) groups excluding carboxylic acids is 1. The quantitative estimate of drug-likeness (QED) is 0.364. The summed E-state index contributed by atoms with van der Waals surface area (Å²) in [7, 11) is 1.65. The van der Waals surface area contributed by atoms with Gasteiger partial charge in [-0.1, -0.05) is 13.2 Å². The van der Waals surface area contributed by atoms with Gasteiger partial charge in [-0.25, -0.2) is 0 Å².